The van der Waals surface area contributed by atoms with Crippen molar-refractivity contribution in [3.63, 3.8) is 0 Å². The van der Waals surface area contributed by atoms with Gasteiger partial charge in [-0.1, -0.05) is 0 Å². The quantitative estimate of drug-likeness (QED) is 0.481. The first kappa shape index (κ1) is 12.9. The Hall–Kier alpha value is -2.50. The van der Waals surface area contributed by atoms with Gasteiger partial charge in [0.25, 0.3) is 5.69 Å². The molecule has 1 aromatic heterocycles. The first-order chi connectivity index (χ1) is 9.02. The van der Waals surface area contributed by atoms with Crippen LogP contribution < -0.4 is 0 Å². The molecule has 0 fully saturated rings. The number of aromatic nitrogens is 1. The van der Waals surface area contributed by atoms with Crippen molar-refractivity contribution >= 4 is 22.6 Å². The van der Waals surface area contributed by atoms with E-state index in [1.54, 1.807) is 26.0 Å². The van der Waals surface area contributed by atoms with Gasteiger partial charge in [-0.25, -0.2) is 4.79 Å². The van der Waals surface area contributed by atoms with E-state index in [-0.39, 0.29) is 12.3 Å². The fraction of sp³-hybridized carbons (Fsp3) is 0.231. The van der Waals surface area contributed by atoms with E-state index in [2.05, 4.69) is 4.98 Å². The molecule has 0 aliphatic heterocycles. The summed E-state index contributed by atoms with van der Waals surface area (Å²) in [6.07, 6.45) is 0. The van der Waals surface area contributed by atoms with Crippen molar-refractivity contribution in [1.29, 1.82) is 0 Å². The predicted octanol–water partition coefficient (Wildman–Crippen LogP) is 2.63. The molecule has 6 nitrogen and oxygen atoms in total. The number of pyridine rings is 1. The number of benzene rings is 1. The summed E-state index contributed by atoms with van der Waals surface area (Å²) >= 11 is 0. The number of nitro benzene ring substituents is 1. The zero-order valence-corrected chi connectivity index (χ0v) is 10.5. The van der Waals surface area contributed by atoms with E-state index in [0.717, 1.165) is 0 Å². The maximum Gasteiger partial charge on any atom is 0.339 e. The van der Waals surface area contributed by atoms with Crippen molar-refractivity contribution in [2.45, 2.75) is 13.8 Å². The maximum absolute atomic E-state index is 11.7. The number of fused-ring (bicyclic) bond motifs is 1. The van der Waals surface area contributed by atoms with Crippen LogP contribution in [-0.2, 0) is 4.74 Å². The van der Waals surface area contributed by atoms with Crippen LogP contribution in [0.25, 0.3) is 10.9 Å². The SMILES string of the molecule is CCOC(=O)c1cc2ccc([N+](=O)[O-])cc2nc1C. The Morgan fingerprint density at radius 2 is 2.16 bits per heavy atom. The number of hydrogen-bond donors (Lipinski definition) is 0. The van der Waals surface area contributed by atoms with Crippen molar-refractivity contribution in [3.8, 4) is 0 Å². The summed E-state index contributed by atoms with van der Waals surface area (Å²) in [7, 11) is 0. The summed E-state index contributed by atoms with van der Waals surface area (Å²) in [6, 6.07) is 5.98. The van der Waals surface area contributed by atoms with Crippen LogP contribution in [0.4, 0.5) is 5.69 Å². The molecule has 0 aliphatic rings. The molecule has 2 aromatic rings. The van der Waals surface area contributed by atoms with E-state index in [4.69, 9.17) is 4.74 Å². The second kappa shape index (κ2) is 5.01. The minimum atomic E-state index is -0.476. The molecular formula is C13H12N2O4. The highest BCUT2D eigenvalue weighted by molar-refractivity contribution is 5.95. The van der Waals surface area contributed by atoms with Crippen molar-refractivity contribution in [3.05, 3.63) is 45.6 Å². The highest BCUT2D eigenvalue weighted by Crippen LogP contribution is 2.22. The molecule has 0 unspecified atom stereocenters. The van der Waals surface area contributed by atoms with Crippen LogP contribution in [0.3, 0.4) is 0 Å². The summed E-state index contributed by atoms with van der Waals surface area (Å²) in [6.45, 7) is 3.69. The summed E-state index contributed by atoms with van der Waals surface area (Å²) in [5.74, 6) is -0.437. The second-order valence-electron chi connectivity index (χ2n) is 3.98. The van der Waals surface area contributed by atoms with E-state index in [9.17, 15) is 14.9 Å². The van der Waals surface area contributed by atoms with Crippen LogP contribution in [0.5, 0.6) is 0 Å². The zero-order valence-electron chi connectivity index (χ0n) is 10.5. The molecule has 0 aliphatic carbocycles. The number of non-ortho nitro benzene ring substituents is 1. The molecule has 1 aromatic carbocycles. The van der Waals surface area contributed by atoms with Crippen LogP contribution in [0.2, 0.25) is 0 Å². The van der Waals surface area contributed by atoms with E-state index in [0.29, 0.717) is 22.2 Å². The number of nitrogens with zero attached hydrogens (tertiary/aromatic N) is 2. The third-order valence-corrected chi connectivity index (χ3v) is 2.70. The van der Waals surface area contributed by atoms with Gasteiger partial charge in [-0.3, -0.25) is 15.1 Å². The van der Waals surface area contributed by atoms with Gasteiger partial charge in [0.1, 0.15) is 0 Å². The summed E-state index contributed by atoms with van der Waals surface area (Å²) < 4.78 is 4.93. The van der Waals surface area contributed by atoms with Gasteiger partial charge >= 0.3 is 5.97 Å². The lowest BCUT2D eigenvalue weighted by Crippen LogP contribution is -2.08. The number of carbonyl (C=O) groups excluding carboxylic acids is 1. The molecule has 1 heterocycles. The van der Waals surface area contributed by atoms with Crippen LogP contribution in [0, 0.1) is 17.0 Å². The third kappa shape index (κ3) is 2.52. The van der Waals surface area contributed by atoms with Gasteiger partial charge in [0.05, 0.1) is 28.3 Å². The van der Waals surface area contributed by atoms with E-state index in [1.165, 1.54) is 12.1 Å². The number of aryl methyl sites for hydroxylation is 1. The van der Waals surface area contributed by atoms with Gasteiger partial charge in [0.15, 0.2) is 0 Å². The molecule has 0 saturated heterocycles. The van der Waals surface area contributed by atoms with Crippen molar-refractivity contribution in [1.82, 2.24) is 4.98 Å². The Morgan fingerprint density at radius 3 is 2.79 bits per heavy atom. The highest BCUT2D eigenvalue weighted by Gasteiger charge is 2.14. The number of ether oxygens (including phenoxy) is 1. The molecule has 0 radical (unpaired) electrons. The van der Waals surface area contributed by atoms with E-state index in [1.807, 2.05) is 0 Å². The Morgan fingerprint density at radius 1 is 1.42 bits per heavy atom. The predicted molar refractivity (Wildman–Crippen MR) is 69.1 cm³/mol. The van der Waals surface area contributed by atoms with Gasteiger partial charge in [0.2, 0.25) is 0 Å². The molecular weight excluding hydrogens is 248 g/mol. The molecule has 0 spiro atoms. The van der Waals surface area contributed by atoms with Crippen molar-refractivity contribution in [2.75, 3.05) is 6.61 Å². The number of hydrogen-bond acceptors (Lipinski definition) is 5. The Bertz CT molecular complexity index is 667. The minimum Gasteiger partial charge on any atom is -0.462 e. The molecule has 0 amide bonds. The van der Waals surface area contributed by atoms with Gasteiger partial charge in [0, 0.05) is 17.5 Å². The van der Waals surface area contributed by atoms with Crippen LogP contribution >= 0.6 is 0 Å². The molecule has 0 saturated carbocycles. The van der Waals surface area contributed by atoms with Gasteiger partial charge in [-0.05, 0) is 26.0 Å². The average Bonchev–Trinajstić information content (AvgIpc) is 2.37. The molecule has 98 valence electrons. The molecule has 6 heteroatoms. The first-order valence-corrected chi connectivity index (χ1v) is 5.76. The Balaban J connectivity index is 2.55. The summed E-state index contributed by atoms with van der Waals surface area (Å²) in [5.41, 5.74) is 1.33. The second-order valence-corrected chi connectivity index (χ2v) is 3.98. The third-order valence-electron chi connectivity index (χ3n) is 2.70. The fourth-order valence-corrected chi connectivity index (χ4v) is 1.78. The Kier molecular flexibility index (Phi) is 3.41. The monoisotopic (exact) mass is 260 g/mol. The molecule has 0 bridgehead atoms. The summed E-state index contributed by atoms with van der Waals surface area (Å²) in [5, 5.41) is 11.4. The van der Waals surface area contributed by atoms with E-state index < -0.39 is 10.9 Å². The van der Waals surface area contributed by atoms with E-state index >= 15 is 0 Å². The van der Waals surface area contributed by atoms with Crippen molar-refractivity contribution < 1.29 is 14.5 Å². The van der Waals surface area contributed by atoms with Gasteiger partial charge < -0.3 is 4.74 Å². The Labute approximate surface area is 109 Å². The lowest BCUT2D eigenvalue weighted by molar-refractivity contribution is -0.384. The lowest BCUT2D eigenvalue weighted by atomic mass is 10.1. The number of nitro groups is 1. The van der Waals surface area contributed by atoms with Crippen LogP contribution in [-0.4, -0.2) is 22.5 Å². The van der Waals surface area contributed by atoms with Gasteiger partial charge in [-0.15, -0.1) is 0 Å². The fourth-order valence-electron chi connectivity index (χ4n) is 1.78. The molecule has 0 atom stereocenters. The molecule has 2 rings (SSSR count). The smallest absolute Gasteiger partial charge is 0.339 e. The van der Waals surface area contributed by atoms with Crippen LogP contribution in [0.15, 0.2) is 24.3 Å². The first-order valence-electron chi connectivity index (χ1n) is 5.76. The maximum atomic E-state index is 11.7. The highest BCUT2D eigenvalue weighted by atomic mass is 16.6. The molecule has 0 N–H and O–H groups in total. The minimum absolute atomic E-state index is 0.0247. The standard InChI is InChI=1S/C13H12N2O4/c1-3-19-13(16)11-6-9-4-5-10(15(17)18)7-12(9)14-8(11)2/h4-7H,3H2,1-2H3. The number of rotatable bonds is 3. The topological polar surface area (TPSA) is 82.3 Å². The normalized spacial score (nSPS) is 10.4. The average molecular weight is 260 g/mol. The largest absolute Gasteiger partial charge is 0.462 e. The lowest BCUT2D eigenvalue weighted by Gasteiger charge is -2.06. The molecule has 19 heavy (non-hydrogen) atoms. The van der Waals surface area contributed by atoms with Crippen molar-refractivity contribution in [2.24, 2.45) is 0 Å². The summed E-state index contributed by atoms with van der Waals surface area (Å²) in [4.78, 5) is 26.1. The number of carbonyl (C=O) groups is 1. The van der Waals surface area contributed by atoms with Crippen LogP contribution in [0.1, 0.15) is 23.0 Å². The van der Waals surface area contributed by atoms with Gasteiger partial charge in [-0.2, -0.15) is 0 Å². The zero-order chi connectivity index (χ0) is 14.0. The number of esters is 1.